The number of hydrogen-bond acceptors (Lipinski definition) is 5. The van der Waals surface area contributed by atoms with E-state index in [1.807, 2.05) is 6.07 Å². The average molecular weight is 319 g/mol. The smallest absolute Gasteiger partial charge is 0.236 e. The zero-order valence-corrected chi connectivity index (χ0v) is 13.4. The van der Waals surface area contributed by atoms with E-state index in [9.17, 15) is 4.79 Å². The van der Waals surface area contributed by atoms with Crippen LogP contribution in [0.4, 0.5) is 0 Å². The molecular weight excluding hydrogens is 296 g/mol. The van der Waals surface area contributed by atoms with Crippen LogP contribution >= 0.6 is 12.4 Å². The monoisotopic (exact) mass is 318 g/mol. The van der Waals surface area contributed by atoms with E-state index in [4.69, 9.17) is 14.6 Å². The van der Waals surface area contributed by atoms with Gasteiger partial charge in [-0.15, -0.1) is 12.4 Å². The highest BCUT2D eigenvalue weighted by atomic mass is 35.5. The molecule has 0 aliphatic heterocycles. The zero-order chi connectivity index (χ0) is 15.0. The Morgan fingerprint density at radius 1 is 1.33 bits per heavy atom. The number of ether oxygens (including phenoxy) is 2. The Kier molecular flexibility index (Phi) is 9.53. The van der Waals surface area contributed by atoms with E-state index in [-0.39, 0.29) is 38.0 Å². The van der Waals surface area contributed by atoms with Crippen molar-refractivity contribution in [1.82, 2.24) is 10.2 Å². The van der Waals surface area contributed by atoms with Crippen LogP contribution in [0, 0.1) is 0 Å². The fourth-order valence-corrected chi connectivity index (χ4v) is 1.89. The first-order valence-electron chi connectivity index (χ1n) is 6.40. The second-order valence-corrected chi connectivity index (χ2v) is 4.25. The Morgan fingerprint density at radius 2 is 2.05 bits per heavy atom. The topological polar surface area (TPSA) is 71.0 Å². The van der Waals surface area contributed by atoms with Crippen molar-refractivity contribution in [3.8, 4) is 11.5 Å². The van der Waals surface area contributed by atoms with Crippen molar-refractivity contribution in [2.45, 2.75) is 6.54 Å². The van der Waals surface area contributed by atoms with Crippen molar-refractivity contribution in [2.75, 3.05) is 41.0 Å². The molecule has 7 heteroatoms. The van der Waals surface area contributed by atoms with E-state index in [0.717, 1.165) is 5.56 Å². The minimum absolute atomic E-state index is 0. The van der Waals surface area contributed by atoms with Crippen LogP contribution in [-0.2, 0) is 11.3 Å². The molecule has 2 N–H and O–H groups in total. The molecule has 0 unspecified atom stereocenters. The molecular formula is C14H23ClN2O4. The highest BCUT2D eigenvalue weighted by molar-refractivity contribution is 5.85. The molecule has 1 amide bonds. The lowest BCUT2D eigenvalue weighted by Gasteiger charge is -2.23. The highest BCUT2D eigenvalue weighted by Crippen LogP contribution is 2.25. The molecule has 120 valence electrons. The third-order valence-electron chi connectivity index (χ3n) is 2.90. The van der Waals surface area contributed by atoms with Crippen LogP contribution in [0.15, 0.2) is 18.2 Å². The summed E-state index contributed by atoms with van der Waals surface area (Å²) in [5.41, 5.74) is 0.838. The van der Waals surface area contributed by atoms with Gasteiger partial charge in [-0.3, -0.25) is 4.79 Å². The molecule has 0 aliphatic carbocycles. The van der Waals surface area contributed by atoms with Gasteiger partial charge < -0.3 is 24.8 Å². The summed E-state index contributed by atoms with van der Waals surface area (Å²) in [6.07, 6.45) is 0. The number of hydrogen-bond donors (Lipinski definition) is 2. The first-order valence-corrected chi connectivity index (χ1v) is 6.40. The van der Waals surface area contributed by atoms with Crippen LogP contribution in [0.5, 0.6) is 11.5 Å². The second kappa shape index (κ2) is 10.3. The van der Waals surface area contributed by atoms with Gasteiger partial charge in [0, 0.05) is 18.7 Å². The molecule has 21 heavy (non-hydrogen) atoms. The van der Waals surface area contributed by atoms with E-state index in [2.05, 4.69) is 5.32 Å². The molecule has 0 atom stereocenters. The Labute approximate surface area is 131 Å². The van der Waals surface area contributed by atoms with Crippen LogP contribution in [0.25, 0.3) is 0 Å². The van der Waals surface area contributed by atoms with E-state index < -0.39 is 0 Å². The van der Waals surface area contributed by atoms with Gasteiger partial charge in [0.25, 0.3) is 0 Å². The maximum absolute atomic E-state index is 12.0. The number of nitrogens with zero attached hydrogens (tertiary/aromatic N) is 1. The van der Waals surface area contributed by atoms with E-state index >= 15 is 0 Å². The molecule has 0 bridgehead atoms. The summed E-state index contributed by atoms with van der Waals surface area (Å²) in [5, 5.41) is 11.9. The number of carbonyl (C=O) groups is 1. The first kappa shape index (κ1) is 19.5. The lowest BCUT2D eigenvalue weighted by atomic mass is 10.1. The number of aliphatic hydroxyl groups is 1. The number of nitrogens with one attached hydrogen (secondary N) is 1. The average Bonchev–Trinajstić information content (AvgIpc) is 2.46. The van der Waals surface area contributed by atoms with Gasteiger partial charge in [-0.1, -0.05) is 0 Å². The molecule has 0 aromatic heterocycles. The van der Waals surface area contributed by atoms with Crippen molar-refractivity contribution in [3.63, 3.8) is 0 Å². The molecule has 0 saturated heterocycles. The number of aliphatic hydroxyl groups excluding tert-OH is 1. The molecule has 0 aliphatic rings. The number of halogens is 1. The number of likely N-dealkylation sites (N-methyl/N-ethyl adjacent to an activating group) is 1. The normalized spacial score (nSPS) is 9.71. The SMILES string of the molecule is CNCC(=O)N(CCO)Cc1cc(OC)ccc1OC.Cl. The van der Waals surface area contributed by atoms with Gasteiger partial charge in [0.05, 0.1) is 27.4 Å². The van der Waals surface area contributed by atoms with Gasteiger partial charge in [-0.25, -0.2) is 0 Å². The minimum Gasteiger partial charge on any atom is -0.497 e. The lowest BCUT2D eigenvalue weighted by Crippen LogP contribution is -2.38. The van der Waals surface area contributed by atoms with Crippen LogP contribution in [0.1, 0.15) is 5.56 Å². The quantitative estimate of drug-likeness (QED) is 0.737. The minimum atomic E-state index is -0.0816. The molecule has 0 radical (unpaired) electrons. The standard InChI is InChI=1S/C14H22N2O4.ClH/c1-15-9-14(18)16(6-7-17)10-11-8-12(19-2)4-5-13(11)20-3;/h4-5,8,15,17H,6-7,9-10H2,1-3H3;1H. The Bertz CT molecular complexity index is 443. The zero-order valence-electron chi connectivity index (χ0n) is 12.6. The summed E-state index contributed by atoms with van der Waals surface area (Å²) in [6, 6.07) is 5.43. The third kappa shape index (κ3) is 5.79. The predicted molar refractivity (Wildman–Crippen MR) is 83.2 cm³/mol. The maximum Gasteiger partial charge on any atom is 0.236 e. The summed E-state index contributed by atoms with van der Waals surface area (Å²) in [6.45, 7) is 0.788. The Balaban J connectivity index is 0.00000400. The maximum atomic E-state index is 12.0. The van der Waals surface area contributed by atoms with Gasteiger partial charge in [-0.2, -0.15) is 0 Å². The second-order valence-electron chi connectivity index (χ2n) is 4.25. The fourth-order valence-electron chi connectivity index (χ4n) is 1.89. The van der Waals surface area contributed by atoms with Crippen LogP contribution in [0.3, 0.4) is 0 Å². The van der Waals surface area contributed by atoms with Gasteiger partial charge in [-0.05, 0) is 25.2 Å². The van der Waals surface area contributed by atoms with Crippen LogP contribution in [0.2, 0.25) is 0 Å². The summed E-state index contributed by atoms with van der Waals surface area (Å²) >= 11 is 0. The van der Waals surface area contributed by atoms with E-state index in [1.165, 1.54) is 0 Å². The number of benzene rings is 1. The summed E-state index contributed by atoms with van der Waals surface area (Å²) in [5.74, 6) is 1.31. The molecule has 6 nitrogen and oxygen atoms in total. The largest absolute Gasteiger partial charge is 0.497 e. The lowest BCUT2D eigenvalue weighted by molar-refractivity contribution is -0.131. The number of methoxy groups -OCH3 is 2. The van der Waals surface area contributed by atoms with Gasteiger partial charge in [0.1, 0.15) is 11.5 Å². The molecule has 1 aromatic carbocycles. The predicted octanol–water partition coefficient (Wildman–Crippen LogP) is 0.666. The van der Waals surface area contributed by atoms with Crippen molar-refractivity contribution < 1.29 is 19.4 Å². The van der Waals surface area contributed by atoms with Crippen molar-refractivity contribution in [2.24, 2.45) is 0 Å². The van der Waals surface area contributed by atoms with E-state index in [0.29, 0.717) is 18.0 Å². The number of carbonyl (C=O) groups excluding carboxylic acids is 1. The molecule has 1 aromatic rings. The number of amides is 1. The first-order chi connectivity index (χ1) is 9.65. The van der Waals surface area contributed by atoms with Gasteiger partial charge >= 0.3 is 0 Å². The molecule has 1 rings (SSSR count). The van der Waals surface area contributed by atoms with Crippen LogP contribution < -0.4 is 14.8 Å². The van der Waals surface area contributed by atoms with Gasteiger partial charge in [0.15, 0.2) is 0 Å². The molecule has 0 saturated carbocycles. The highest BCUT2D eigenvalue weighted by Gasteiger charge is 2.15. The van der Waals surface area contributed by atoms with Crippen molar-refractivity contribution >= 4 is 18.3 Å². The Hall–Kier alpha value is -1.50. The van der Waals surface area contributed by atoms with Crippen molar-refractivity contribution in [3.05, 3.63) is 23.8 Å². The Morgan fingerprint density at radius 3 is 2.57 bits per heavy atom. The van der Waals surface area contributed by atoms with Crippen molar-refractivity contribution in [1.29, 1.82) is 0 Å². The summed E-state index contributed by atoms with van der Waals surface area (Å²) in [4.78, 5) is 13.5. The third-order valence-corrected chi connectivity index (χ3v) is 2.90. The number of rotatable bonds is 8. The molecule has 0 heterocycles. The van der Waals surface area contributed by atoms with E-state index in [1.54, 1.807) is 38.3 Å². The molecule has 0 spiro atoms. The van der Waals surface area contributed by atoms with Gasteiger partial charge in [0.2, 0.25) is 5.91 Å². The van der Waals surface area contributed by atoms with Crippen LogP contribution in [-0.4, -0.2) is 56.9 Å². The summed E-state index contributed by atoms with van der Waals surface area (Å²) in [7, 11) is 4.88. The fraction of sp³-hybridized carbons (Fsp3) is 0.500. The summed E-state index contributed by atoms with van der Waals surface area (Å²) < 4.78 is 10.5. The molecule has 0 fully saturated rings.